The molecule has 1 aliphatic heterocycles. The third kappa shape index (κ3) is 8.41. The van der Waals surface area contributed by atoms with Crippen molar-refractivity contribution < 1.29 is 24.5 Å². The van der Waals surface area contributed by atoms with E-state index in [0.717, 1.165) is 56.1 Å². The quantitative estimate of drug-likeness (QED) is 0.113. The molecule has 0 saturated heterocycles. The first-order chi connectivity index (χ1) is 27.1. The predicted octanol–water partition coefficient (Wildman–Crippen LogP) is 14.3. The van der Waals surface area contributed by atoms with Gasteiger partial charge in [-0.25, -0.2) is 0 Å². The van der Waals surface area contributed by atoms with Crippen molar-refractivity contribution in [1.29, 1.82) is 0 Å². The molecule has 1 aliphatic carbocycles. The van der Waals surface area contributed by atoms with Crippen LogP contribution in [0.25, 0.3) is 38.5 Å². The van der Waals surface area contributed by atoms with Crippen LogP contribution in [0.2, 0.25) is 19.6 Å². The molecule has 6 heteroatoms. The molecule has 2 aromatic heterocycles. The molecule has 3 heterocycles. The zero-order valence-electron chi connectivity index (χ0n) is 34.4. The Labute approximate surface area is 354 Å². The van der Waals surface area contributed by atoms with Crippen LogP contribution in [0.3, 0.4) is 0 Å². The fourth-order valence-electron chi connectivity index (χ4n) is 8.74. The first-order valence-electron chi connectivity index (χ1n) is 20.6. The van der Waals surface area contributed by atoms with Gasteiger partial charge in [0.1, 0.15) is 5.58 Å². The molecule has 7 aromatic rings. The zero-order valence-corrected chi connectivity index (χ0v) is 37.8. The van der Waals surface area contributed by atoms with Crippen LogP contribution in [0.5, 0.6) is 0 Å². The summed E-state index contributed by atoms with van der Waals surface area (Å²) in [6.07, 6.45) is 8.84. The van der Waals surface area contributed by atoms with Gasteiger partial charge in [-0.15, -0.1) is 47.6 Å². The molecule has 1 unspecified atom stereocenters. The molecule has 1 fully saturated rings. The van der Waals surface area contributed by atoms with Gasteiger partial charge in [-0.05, 0) is 64.5 Å². The SMILES string of the molecule is CC(C)c1cccc(C(C)C)c1N1c2ccccc2[N-]C1c1[c-]cc2oc3ccccc3c2c1.C[Si](C)(C)c1cnc(-c2[c-]cccc2)cc1CC1CCCC1.[Ir+3]. The summed E-state index contributed by atoms with van der Waals surface area (Å²) in [5.74, 6) is 1.67. The Balaban J connectivity index is 0.000000188. The molecule has 0 radical (unpaired) electrons. The number of benzene rings is 5. The van der Waals surface area contributed by atoms with Gasteiger partial charge in [0.15, 0.2) is 0 Å². The number of fused-ring (bicyclic) bond motifs is 4. The van der Waals surface area contributed by atoms with E-state index in [4.69, 9.17) is 14.7 Å². The minimum absolute atomic E-state index is 0. The molecule has 0 spiro atoms. The second kappa shape index (κ2) is 17.2. The van der Waals surface area contributed by atoms with Gasteiger partial charge in [0, 0.05) is 28.5 Å². The number of para-hydroxylation sites is 4. The zero-order chi connectivity index (χ0) is 39.0. The van der Waals surface area contributed by atoms with Crippen molar-refractivity contribution in [3.8, 4) is 11.3 Å². The molecular formula is C51H54IrN3OSi. The van der Waals surface area contributed by atoms with Crippen molar-refractivity contribution in [1.82, 2.24) is 4.98 Å². The van der Waals surface area contributed by atoms with Crippen LogP contribution < -0.4 is 10.1 Å². The summed E-state index contributed by atoms with van der Waals surface area (Å²) in [5.41, 5.74) is 12.7. The summed E-state index contributed by atoms with van der Waals surface area (Å²) in [5, 5.41) is 8.99. The van der Waals surface area contributed by atoms with Crippen LogP contribution in [0.1, 0.15) is 93.6 Å². The number of rotatable bonds is 8. The van der Waals surface area contributed by atoms with Crippen LogP contribution in [-0.4, -0.2) is 13.1 Å². The average molecular weight is 945 g/mol. The summed E-state index contributed by atoms with van der Waals surface area (Å²) in [4.78, 5) is 7.18. The number of nitrogens with zero attached hydrogens (tertiary/aromatic N) is 3. The van der Waals surface area contributed by atoms with E-state index in [1.165, 1.54) is 48.9 Å². The first-order valence-corrected chi connectivity index (χ1v) is 24.1. The summed E-state index contributed by atoms with van der Waals surface area (Å²) < 4.78 is 6.07. The van der Waals surface area contributed by atoms with Crippen molar-refractivity contribution in [2.45, 2.75) is 97.4 Å². The standard InChI is InChI=1S/C31H28N2O.C20H26NSi.Ir/c1-19(2)22-11-9-12-23(20(3)4)30(22)33-27-14-7-6-13-26(27)32-31(33)21-16-17-29-25(18-21)24-10-5-8-15-28(24)34-29;1-22(2,3)20-15-21-19(17-11-5-4-6-12-17)14-18(20)13-16-9-7-8-10-16;/h5-15,17-20,31H,1-4H3;4-6,11,14-16H,7-10,13H2,1-3H3;/q-2;-1;+3. The molecule has 57 heavy (non-hydrogen) atoms. The Morgan fingerprint density at radius 1 is 0.789 bits per heavy atom. The van der Waals surface area contributed by atoms with Crippen molar-refractivity contribution in [3.05, 3.63) is 155 Å². The summed E-state index contributed by atoms with van der Waals surface area (Å²) in [6.45, 7) is 16.4. The number of anilines is 2. The Morgan fingerprint density at radius 3 is 2.19 bits per heavy atom. The van der Waals surface area contributed by atoms with E-state index in [9.17, 15) is 0 Å². The van der Waals surface area contributed by atoms with Crippen molar-refractivity contribution in [2.75, 3.05) is 4.90 Å². The summed E-state index contributed by atoms with van der Waals surface area (Å²) >= 11 is 0. The monoisotopic (exact) mass is 945 g/mol. The van der Waals surface area contributed by atoms with Crippen molar-refractivity contribution >= 4 is 52.3 Å². The maximum absolute atomic E-state index is 6.07. The van der Waals surface area contributed by atoms with E-state index in [2.05, 4.69) is 149 Å². The molecule has 5 aromatic carbocycles. The fraction of sp³-hybridized carbons (Fsp3) is 0.314. The first kappa shape index (κ1) is 40.7. The minimum Gasteiger partial charge on any atom is -0.661 e. The molecule has 1 atom stereocenters. The van der Waals surface area contributed by atoms with Crippen LogP contribution >= 0.6 is 0 Å². The molecule has 292 valence electrons. The third-order valence-corrected chi connectivity index (χ3v) is 13.7. The van der Waals surface area contributed by atoms with Gasteiger partial charge in [-0.3, -0.25) is 0 Å². The van der Waals surface area contributed by atoms with Gasteiger partial charge in [-0.1, -0.05) is 145 Å². The molecule has 2 aliphatic rings. The Morgan fingerprint density at radius 2 is 1.49 bits per heavy atom. The van der Waals surface area contributed by atoms with Gasteiger partial charge < -0.3 is 19.6 Å². The molecular weight excluding hydrogens is 891 g/mol. The molecule has 9 rings (SSSR count). The number of pyridine rings is 1. The summed E-state index contributed by atoms with van der Waals surface area (Å²) in [7, 11) is -1.35. The topological polar surface area (TPSA) is 43.4 Å². The predicted molar refractivity (Wildman–Crippen MR) is 239 cm³/mol. The van der Waals surface area contributed by atoms with Crippen LogP contribution in [-0.2, 0) is 26.5 Å². The largest absolute Gasteiger partial charge is 3.00 e. The molecule has 1 saturated carbocycles. The van der Waals surface area contributed by atoms with Crippen molar-refractivity contribution in [2.24, 2.45) is 5.92 Å². The minimum atomic E-state index is -1.35. The maximum Gasteiger partial charge on any atom is 3.00 e. The number of furan rings is 1. The van der Waals surface area contributed by atoms with Gasteiger partial charge >= 0.3 is 20.1 Å². The summed E-state index contributed by atoms with van der Waals surface area (Å²) in [6, 6.07) is 44.9. The van der Waals surface area contributed by atoms with E-state index in [-0.39, 0.29) is 26.3 Å². The van der Waals surface area contributed by atoms with Gasteiger partial charge in [0.2, 0.25) is 0 Å². The van der Waals surface area contributed by atoms with Crippen LogP contribution in [0.4, 0.5) is 17.1 Å². The Kier molecular flexibility index (Phi) is 12.3. The molecule has 0 bridgehead atoms. The van der Waals surface area contributed by atoms with Gasteiger partial charge in [0.05, 0.1) is 8.07 Å². The van der Waals surface area contributed by atoms with Crippen molar-refractivity contribution in [3.63, 3.8) is 0 Å². The third-order valence-electron chi connectivity index (χ3n) is 11.6. The van der Waals surface area contributed by atoms with Crippen LogP contribution in [0, 0.1) is 18.1 Å². The molecule has 0 amide bonds. The van der Waals surface area contributed by atoms with Gasteiger partial charge in [-0.2, -0.15) is 17.7 Å². The second-order valence-corrected chi connectivity index (χ2v) is 22.4. The molecule has 0 N–H and O–H groups in total. The smallest absolute Gasteiger partial charge is 0.661 e. The van der Waals surface area contributed by atoms with E-state index >= 15 is 0 Å². The Bertz CT molecular complexity index is 2430. The van der Waals surface area contributed by atoms with Crippen LogP contribution in [0.15, 0.2) is 120 Å². The van der Waals surface area contributed by atoms with E-state index in [0.29, 0.717) is 11.8 Å². The Hall–Kier alpha value is -4.48. The second-order valence-electron chi connectivity index (χ2n) is 17.3. The van der Waals surface area contributed by atoms with E-state index in [1.807, 2.05) is 30.3 Å². The fourth-order valence-corrected chi connectivity index (χ4v) is 10.3. The van der Waals surface area contributed by atoms with E-state index in [1.54, 1.807) is 10.8 Å². The number of hydrogen-bond acceptors (Lipinski definition) is 3. The van der Waals surface area contributed by atoms with Gasteiger partial charge in [0.25, 0.3) is 0 Å². The molecule has 4 nitrogen and oxygen atoms in total. The number of aromatic nitrogens is 1. The normalized spacial score (nSPS) is 15.5. The average Bonchev–Trinajstić information content (AvgIpc) is 3.95. The number of hydrogen-bond donors (Lipinski definition) is 0. The maximum atomic E-state index is 6.07. The van der Waals surface area contributed by atoms with E-state index < -0.39 is 8.07 Å².